The number of nitrogens with one attached hydrogen (secondary N) is 2. The number of amides is 2. The average molecular weight is 491 g/mol. The molecular formula is C19H34IN5O2. The van der Waals surface area contributed by atoms with Gasteiger partial charge in [-0.1, -0.05) is 13.3 Å². The highest BCUT2D eigenvalue weighted by molar-refractivity contribution is 14.0. The first-order valence-electron chi connectivity index (χ1n) is 10.0. The second kappa shape index (κ2) is 9.93. The van der Waals surface area contributed by atoms with E-state index in [4.69, 9.17) is 0 Å². The van der Waals surface area contributed by atoms with Crippen molar-refractivity contribution in [3.05, 3.63) is 0 Å². The molecule has 154 valence electrons. The summed E-state index contributed by atoms with van der Waals surface area (Å²) in [5.41, 5.74) is 0. The topological polar surface area (TPSA) is 77.0 Å². The van der Waals surface area contributed by atoms with Gasteiger partial charge >= 0.3 is 0 Å². The molecule has 4 atom stereocenters. The van der Waals surface area contributed by atoms with Crippen LogP contribution in [0.1, 0.15) is 45.4 Å². The Morgan fingerprint density at radius 1 is 1.15 bits per heavy atom. The number of carbonyl (C=O) groups excluding carboxylic acids is 2. The minimum atomic E-state index is -0.00625. The van der Waals surface area contributed by atoms with E-state index in [0.717, 1.165) is 30.8 Å². The van der Waals surface area contributed by atoms with Crippen molar-refractivity contribution in [3.63, 3.8) is 0 Å². The van der Waals surface area contributed by atoms with Crippen LogP contribution in [0, 0.1) is 11.8 Å². The molecule has 2 amide bonds. The summed E-state index contributed by atoms with van der Waals surface area (Å²) in [7, 11) is 3.50. The maximum absolute atomic E-state index is 11.9. The molecule has 27 heavy (non-hydrogen) atoms. The third kappa shape index (κ3) is 5.71. The van der Waals surface area contributed by atoms with Gasteiger partial charge in [-0.25, -0.2) is 4.99 Å². The zero-order chi connectivity index (χ0) is 18.7. The van der Waals surface area contributed by atoms with Gasteiger partial charge in [-0.15, -0.1) is 24.0 Å². The highest BCUT2D eigenvalue weighted by Crippen LogP contribution is 2.44. The SMILES string of the molecule is CCC(=O)N1CCC(NC(=NCC(=O)N(C)C)NC2CC3CCC2C3)C1.I. The first kappa shape index (κ1) is 22.2. The quantitative estimate of drug-likeness (QED) is 0.347. The number of hydrogen-bond acceptors (Lipinski definition) is 3. The fourth-order valence-electron chi connectivity index (χ4n) is 4.54. The Kier molecular flexibility index (Phi) is 8.18. The van der Waals surface area contributed by atoms with Gasteiger partial charge in [0.15, 0.2) is 5.96 Å². The molecule has 3 fully saturated rings. The molecule has 0 radical (unpaired) electrons. The molecule has 2 N–H and O–H groups in total. The monoisotopic (exact) mass is 491 g/mol. The van der Waals surface area contributed by atoms with Crippen molar-refractivity contribution in [2.45, 2.75) is 57.5 Å². The Morgan fingerprint density at radius 3 is 2.52 bits per heavy atom. The number of halogens is 1. The van der Waals surface area contributed by atoms with Crippen LogP contribution in [0.3, 0.4) is 0 Å². The molecule has 1 saturated heterocycles. The minimum absolute atomic E-state index is 0. The standard InChI is InChI=1S/C19H33N5O2.HI/c1-4-17(25)24-8-7-15(12-24)21-19(20-11-18(26)23(2)3)22-16-10-13-5-6-14(16)9-13;/h13-16H,4-12H2,1-3H3,(H2,20,21,22);1H. The summed E-state index contributed by atoms with van der Waals surface area (Å²) < 4.78 is 0. The van der Waals surface area contributed by atoms with E-state index in [2.05, 4.69) is 15.6 Å². The van der Waals surface area contributed by atoms with Crippen LogP contribution in [0.4, 0.5) is 0 Å². The number of nitrogens with zero attached hydrogens (tertiary/aromatic N) is 3. The number of hydrogen-bond donors (Lipinski definition) is 2. The van der Waals surface area contributed by atoms with Gasteiger partial charge < -0.3 is 20.4 Å². The molecule has 1 heterocycles. The molecule has 3 aliphatic rings. The van der Waals surface area contributed by atoms with E-state index in [1.165, 1.54) is 25.7 Å². The molecule has 4 unspecified atom stereocenters. The lowest BCUT2D eigenvalue weighted by molar-refractivity contribution is -0.130. The number of guanidine groups is 1. The van der Waals surface area contributed by atoms with Gasteiger partial charge in [0, 0.05) is 45.7 Å². The molecule has 1 aliphatic heterocycles. The lowest BCUT2D eigenvalue weighted by atomic mass is 9.95. The van der Waals surface area contributed by atoms with Gasteiger partial charge in [0.25, 0.3) is 0 Å². The minimum Gasteiger partial charge on any atom is -0.353 e. The van der Waals surface area contributed by atoms with Gasteiger partial charge in [-0.3, -0.25) is 9.59 Å². The fraction of sp³-hybridized carbons (Fsp3) is 0.842. The summed E-state index contributed by atoms with van der Waals surface area (Å²) in [6.07, 6.45) is 6.66. The zero-order valence-electron chi connectivity index (χ0n) is 16.7. The average Bonchev–Trinajstić information content (AvgIpc) is 3.35. The van der Waals surface area contributed by atoms with E-state index in [-0.39, 0.29) is 48.4 Å². The Morgan fingerprint density at radius 2 is 1.93 bits per heavy atom. The van der Waals surface area contributed by atoms with Crippen molar-refractivity contribution < 1.29 is 9.59 Å². The molecule has 0 aromatic carbocycles. The van der Waals surface area contributed by atoms with Crippen LogP contribution >= 0.6 is 24.0 Å². The maximum Gasteiger partial charge on any atom is 0.243 e. The summed E-state index contributed by atoms with van der Waals surface area (Å²) in [6, 6.07) is 0.661. The number of likely N-dealkylation sites (N-methyl/N-ethyl adjacent to an activating group) is 1. The molecule has 2 saturated carbocycles. The van der Waals surface area contributed by atoms with Crippen molar-refractivity contribution in [1.29, 1.82) is 0 Å². The maximum atomic E-state index is 11.9. The van der Waals surface area contributed by atoms with Crippen molar-refractivity contribution in [3.8, 4) is 0 Å². The number of fused-ring (bicyclic) bond motifs is 2. The second-order valence-electron chi connectivity index (χ2n) is 8.20. The first-order valence-corrected chi connectivity index (χ1v) is 10.0. The molecule has 2 aliphatic carbocycles. The van der Waals surface area contributed by atoms with Crippen LogP contribution in [0.2, 0.25) is 0 Å². The van der Waals surface area contributed by atoms with E-state index < -0.39 is 0 Å². The fourth-order valence-corrected chi connectivity index (χ4v) is 4.54. The molecule has 3 rings (SSSR count). The Labute approximate surface area is 179 Å². The van der Waals surface area contributed by atoms with E-state index in [0.29, 0.717) is 19.0 Å². The summed E-state index contributed by atoms with van der Waals surface area (Å²) in [4.78, 5) is 31.9. The van der Waals surface area contributed by atoms with Crippen LogP contribution in [0.5, 0.6) is 0 Å². The lowest BCUT2D eigenvalue weighted by Gasteiger charge is -2.27. The smallest absolute Gasteiger partial charge is 0.243 e. The number of aliphatic imine (C=N–C) groups is 1. The molecule has 8 heteroatoms. The van der Waals surface area contributed by atoms with E-state index in [1.54, 1.807) is 19.0 Å². The van der Waals surface area contributed by atoms with Gasteiger partial charge in [-0.2, -0.15) is 0 Å². The predicted molar refractivity (Wildman–Crippen MR) is 117 cm³/mol. The Hall–Kier alpha value is -1.06. The molecule has 0 spiro atoms. The van der Waals surface area contributed by atoms with Crippen molar-refractivity contribution in [2.24, 2.45) is 16.8 Å². The Bertz CT molecular complexity index is 568. The molecule has 2 bridgehead atoms. The molecule has 0 aromatic rings. The summed E-state index contributed by atoms with van der Waals surface area (Å²) in [5, 5.41) is 7.07. The van der Waals surface area contributed by atoms with Crippen molar-refractivity contribution >= 4 is 41.8 Å². The van der Waals surface area contributed by atoms with Gasteiger partial charge in [0.2, 0.25) is 11.8 Å². The van der Waals surface area contributed by atoms with Gasteiger partial charge in [0.05, 0.1) is 0 Å². The second-order valence-corrected chi connectivity index (χ2v) is 8.20. The van der Waals surface area contributed by atoms with Crippen LogP contribution in [-0.4, -0.2) is 73.4 Å². The molecule has 7 nitrogen and oxygen atoms in total. The number of likely N-dealkylation sites (tertiary alicyclic amines) is 1. The summed E-state index contributed by atoms with van der Waals surface area (Å²) >= 11 is 0. The predicted octanol–water partition coefficient (Wildman–Crippen LogP) is 1.43. The van der Waals surface area contributed by atoms with Crippen molar-refractivity contribution in [2.75, 3.05) is 33.7 Å². The number of rotatable bonds is 5. The van der Waals surface area contributed by atoms with Gasteiger partial charge in [-0.05, 0) is 37.5 Å². The summed E-state index contributed by atoms with van der Waals surface area (Å²) in [6.45, 7) is 3.56. The third-order valence-electron chi connectivity index (χ3n) is 6.12. The normalized spacial score (nSPS) is 29.4. The number of carbonyl (C=O) groups is 2. The highest BCUT2D eigenvalue weighted by atomic mass is 127. The van der Waals surface area contributed by atoms with E-state index in [9.17, 15) is 9.59 Å². The van der Waals surface area contributed by atoms with Crippen LogP contribution in [0.15, 0.2) is 4.99 Å². The van der Waals surface area contributed by atoms with Crippen LogP contribution in [0.25, 0.3) is 0 Å². The van der Waals surface area contributed by atoms with Gasteiger partial charge in [0.1, 0.15) is 6.54 Å². The lowest BCUT2D eigenvalue weighted by Crippen LogP contribution is -2.50. The van der Waals surface area contributed by atoms with E-state index in [1.807, 2.05) is 11.8 Å². The van der Waals surface area contributed by atoms with Crippen LogP contribution < -0.4 is 10.6 Å². The molecule has 0 aromatic heterocycles. The van der Waals surface area contributed by atoms with Crippen LogP contribution in [-0.2, 0) is 9.59 Å². The van der Waals surface area contributed by atoms with Crippen molar-refractivity contribution in [1.82, 2.24) is 20.4 Å². The third-order valence-corrected chi connectivity index (χ3v) is 6.12. The first-order chi connectivity index (χ1) is 12.5. The largest absolute Gasteiger partial charge is 0.353 e. The highest BCUT2D eigenvalue weighted by Gasteiger charge is 2.40. The Balaban J connectivity index is 0.00000261. The summed E-state index contributed by atoms with van der Waals surface area (Å²) in [5.74, 6) is 2.52. The van der Waals surface area contributed by atoms with E-state index >= 15 is 0 Å². The zero-order valence-corrected chi connectivity index (χ0v) is 19.1. The molecular weight excluding hydrogens is 457 g/mol.